The van der Waals surface area contributed by atoms with Gasteiger partial charge in [0.2, 0.25) is 0 Å². The second-order valence-electron chi connectivity index (χ2n) is 5.80. The van der Waals surface area contributed by atoms with Gasteiger partial charge in [0.25, 0.3) is 0 Å². The third kappa shape index (κ3) is 3.20. The van der Waals surface area contributed by atoms with Crippen LogP contribution in [0.4, 0.5) is 0 Å². The van der Waals surface area contributed by atoms with Crippen molar-refractivity contribution in [1.29, 1.82) is 0 Å². The predicted octanol–water partition coefficient (Wildman–Crippen LogP) is 4.84. The van der Waals surface area contributed by atoms with Crippen LogP contribution in [0.5, 0.6) is 11.5 Å². The van der Waals surface area contributed by atoms with E-state index in [4.69, 9.17) is 9.84 Å². The third-order valence-corrected chi connectivity index (χ3v) is 3.85. The van der Waals surface area contributed by atoms with Crippen LogP contribution < -0.4 is 4.74 Å². The summed E-state index contributed by atoms with van der Waals surface area (Å²) in [6.07, 6.45) is 0. The Labute approximate surface area is 122 Å². The van der Waals surface area contributed by atoms with Crippen LogP contribution in [0.1, 0.15) is 41.6 Å². The summed E-state index contributed by atoms with van der Waals surface area (Å²) in [5.41, 5.74) is 2.26. The van der Waals surface area contributed by atoms with Crippen LogP contribution in [0.25, 0.3) is 0 Å². The molecule has 1 aromatic heterocycles. The van der Waals surface area contributed by atoms with Crippen LogP contribution in [0.2, 0.25) is 0 Å². The molecular formula is C16H18O3S. The number of hydrogen-bond acceptors (Lipinski definition) is 3. The summed E-state index contributed by atoms with van der Waals surface area (Å²) in [7, 11) is 0. The molecule has 1 N–H and O–H groups in total. The van der Waals surface area contributed by atoms with Crippen molar-refractivity contribution < 1.29 is 14.6 Å². The molecule has 0 aliphatic heterocycles. The molecule has 3 nitrogen and oxygen atoms in total. The van der Waals surface area contributed by atoms with Crippen molar-refractivity contribution in [2.24, 2.45) is 0 Å². The van der Waals surface area contributed by atoms with Gasteiger partial charge in [-0.25, -0.2) is 4.79 Å². The zero-order chi connectivity index (χ0) is 14.9. The Kier molecular flexibility index (Phi) is 3.86. The molecule has 0 fully saturated rings. The van der Waals surface area contributed by atoms with E-state index in [0.717, 1.165) is 11.3 Å². The predicted molar refractivity (Wildman–Crippen MR) is 81.2 cm³/mol. The lowest BCUT2D eigenvalue weighted by Crippen LogP contribution is -2.12. The first-order valence-corrected chi connectivity index (χ1v) is 7.26. The maximum absolute atomic E-state index is 10.9. The molecule has 106 valence electrons. The van der Waals surface area contributed by atoms with Gasteiger partial charge in [-0.2, -0.15) is 0 Å². The Morgan fingerprint density at radius 1 is 1.25 bits per heavy atom. The van der Waals surface area contributed by atoms with Crippen LogP contribution in [0.15, 0.2) is 29.6 Å². The second-order valence-corrected chi connectivity index (χ2v) is 6.71. The van der Waals surface area contributed by atoms with Gasteiger partial charge in [0.15, 0.2) is 0 Å². The van der Waals surface area contributed by atoms with E-state index in [2.05, 4.69) is 26.8 Å². The van der Waals surface area contributed by atoms with E-state index in [1.54, 1.807) is 11.4 Å². The molecule has 0 saturated carbocycles. The van der Waals surface area contributed by atoms with Crippen LogP contribution in [-0.4, -0.2) is 11.1 Å². The smallest absolute Gasteiger partial charge is 0.346 e. The minimum atomic E-state index is -0.926. The molecule has 2 aromatic rings. The number of aryl methyl sites for hydroxylation is 1. The fourth-order valence-electron chi connectivity index (χ4n) is 1.93. The Hall–Kier alpha value is -1.81. The van der Waals surface area contributed by atoms with E-state index in [-0.39, 0.29) is 10.3 Å². The number of benzene rings is 1. The van der Waals surface area contributed by atoms with E-state index >= 15 is 0 Å². The summed E-state index contributed by atoms with van der Waals surface area (Å²) in [6.45, 7) is 8.44. The molecule has 0 spiro atoms. The monoisotopic (exact) mass is 290 g/mol. The van der Waals surface area contributed by atoms with Crippen LogP contribution in [0.3, 0.4) is 0 Å². The standard InChI is InChI=1S/C16H18O3S/c1-10-5-6-13(12(7-10)16(2,3)4)19-11-8-14(15(17)18)20-9-11/h5-9H,1-4H3,(H,17,18). The summed E-state index contributed by atoms with van der Waals surface area (Å²) >= 11 is 1.17. The number of thiophene rings is 1. The highest BCUT2D eigenvalue weighted by Crippen LogP contribution is 2.36. The van der Waals surface area contributed by atoms with Crippen molar-refractivity contribution in [3.05, 3.63) is 45.6 Å². The van der Waals surface area contributed by atoms with E-state index in [1.807, 2.05) is 19.1 Å². The maximum atomic E-state index is 10.9. The van der Waals surface area contributed by atoms with Gasteiger partial charge >= 0.3 is 5.97 Å². The molecule has 1 aromatic carbocycles. The number of rotatable bonds is 3. The lowest BCUT2D eigenvalue weighted by Gasteiger charge is -2.23. The van der Waals surface area contributed by atoms with Crippen molar-refractivity contribution in [2.75, 3.05) is 0 Å². The zero-order valence-corrected chi connectivity index (χ0v) is 12.9. The van der Waals surface area contributed by atoms with Crippen molar-refractivity contribution in [1.82, 2.24) is 0 Å². The highest BCUT2D eigenvalue weighted by Gasteiger charge is 2.20. The number of carbonyl (C=O) groups is 1. The zero-order valence-electron chi connectivity index (χ0n) is 12.1. The van der Waals surface area contributed by atoms with Gasteiger partial charge in [-0.15, -0.1) is 11.3 Å². The summed E-state index contributed by atoms with van der Waals surface area (Å²) in [4.78, 5) is 11.2. The highest BCUT2D eigenvalue weighted by atomic mass is 32.1. The fraction of sp³-hybridized carbons (Fsp3) is 0.312. The van der Waals surface area contributed by atoms with Crippen LogP contribution in [-0.2, 0) is 5.41 Å². The van der Waals surface area contributed by atoms with Gasteiger partial charge in [-0.3, -0.25) is 0 Å². The minimum Gasteiger partial charge on any atom is -0.477 e. The molecule has 2 rings (SSSR count). The molecule has 0 unspecified atom stereocenters. The molecule has 20 heavy (non-hydrogen) atoms. The van der Waals surface area contributed by atoms with E-state index in [0.29, 0.717) is 5.75 Å². The van der Waals surface area contributed by atoms with Gasteiger partial charge in [-0.1, -0.05) is 38.5 Å². The quantitative estimate of drug-likeness (QED) is 0.879. The van der Waals surface area contributed by atoms with Gasteiger partial charge in [0.1, 0.15) is 16.4 Å². The first kappa shape index (κ1) is 14.6. The van der Waals surface area contributed by atoms with Gasteiger partial charge in [0, 0.05) is 17.0 Å². The fourth-order valence-corrected chi connectivity index (χ4v) is 2.57. The van der Waals surface area contributed by atoms with Crippen molar-refractivity contribution >= 4 is 17.3 Å². The number of hydrogen-bond donors (Lipinski definition) is 1. The van der Waals surface area contributed by atoms with Gasteiger partial charge in [0.05, 0.1) is 0 Å². The molecule has 0 saturated heterocycles. The summed E-state index contributed by atoms with van der Waals surface area (Å²) in [6, 6.07) is 7.60. The Morgan fingerprint density at radius 2 is 1.95 bits per heavy atom. The number of carboxylic acid groups (broad SMARTS) is 1. The summed E-state index contributed by atoms with van der Waals surface area (Å²) in [5, 5.41) is 10.7. The average Bonchev–Trinajstić information content (AvgIpc) is 2.79. The van der Waals surface area contributed by atoms with Crippen molar-refractivity contribution in [3.63, 3.8) is 0 Å². The van der Waals surface area contributed by atoms with E-state index in [1.165, 1.54) is 16.9 Å². The highest BCUT2D eigenvalue weighted by molar-refractivity contribution is 7.12. The number of aromatic carboxylic acids is 1. The molecular weight excluding hydrogens is 272 g/mol. The van der Waals surface area contributed by atoms with Crippen molar-refractivity contribution in [2.45, 2.75) is 33.1 Å². The second kappa shape index (κ2) is 5.29. The van der Waals surface area contributed by atoms with Gasteiger partial charge < -0.3 is 9.84 Å². The molecule has 0 atom stereocenters. The SMILES string of the molecule is Cc1ccc(Oc2csc(C(=O)O)c2)c(C(C)(C)C)c1. The van der Waals surface area contributed by atoms with Crippen molar-refractivity contribution in [3.8, 4) is 11.5 Å². The number of ether oxygens (including phenoxy) is 1. The first-order chi connectivity index (χ1) is 9.27. The lowest BCUT2D eigenvalue weighted by molar-refractivity contribution is 0.0702. The van der Waals surface area contributed by atoms with Crippen LogP contribution in [0, 0.1) is 6.92 Å². The largest absolute Gasteiger partial charge is 0.477 e. The lowest BCUT2D eigenvalue weighted by atomic mass is 9.85. The van der Waals surface area contributed by atoms with E-state index < -0.39 is 5.97 Å². The molecule has 0 bridgehead atoms. The summed E-state index contributed by atoms with van der Waals surface area (Å²) in [5.74, 6) is 0.421. The van der Waals surface area contributed by atoms with E-state index in [9.17, 15) is 4.79 Å². The Bertz CT molecular complexity index is 635. The third-order valence-electron chi connectivity index (χ3n) is 2.96. The molecule has 0 aliphatic rings. The minimum absolute atomic E-state index is 0.0347. The molecule has 4 heteroatoms. The normalized spacial score (nSPS) is 11.4. The molecule has 0 aliphatic carbocycles. The van der Waals surface area contributed by atoms with Crippen LogP contribution >= 0.6 is 11.3 Å². The maximum Gasteiger partial charge on any atom is 0.346 e. The number of carboxylic acids is 1. The Balaban J connectivity index is 2.35. The topological polar surface area (TPSA) is 46.5 Å². The molecule has 1 heterocycles. The first-order valence-electron chi connectivity index (χ1n) is 6.38. The molecule has 0 amide bonds. The summed E-state index contributed by atoms with van der Waals surface area (Å²) < 4.78 is 5.87. The Morgan fingerprint density at radius 3 is 2.50 bits per heavy atom. The van der Waals surface area contributed by atoms with Gasteiger partial charge in [-0.05, 0) is 18.4 Å². The molecule has 0 radical (unpaired) electrons. The average molecular weight is 290 g/mol.